The van der Waals surface area contributed by atoms with Gasteiger partial charge in [0.15, 0.2) is 12.0 Å². The number of nitrogens with zero attached hydrogens (tertiary/aromatic N) is 7. The molecule has 1 saturated heterocycles. The average molecular weight is 343 g/mol. The molecule has 1 fully saturated rings. The molecule has 0 saturated carbocycles. The fourth-order valence-electron chi connectivity index (χ4n) is 2.99. The largest absolute Gasteiger partial charge is 0.332 e. The molecule has 1 aliphatic rings. The van der Waals surface area contributed by atoms with E-state index in [1.54, 1.807) is 29.3 Å². The molecular formula is C18H13N7O. The number of hydrogen-bond acceptors (Lipinski definition) is 8. The monoisotopic (exact) mass is 343 g/mol. The third kappa shape index (κ3) is 2.85. The van der Waals surface area contributed by atoms with Crippen molar-refractivity contribution in [2.45, 2.75) is 18.9 Å². The van der Waals surface area contributed by atoms with Crippen LogP contribution in [0.4, 0.5) is 0 Å². The highest BCUT2D eigenvalue weighted by Gasteiger charge is 2.29. The summed E-state index contributed by atoms with van der Waals surface area (Å²) in [5, 5.41) is 22.2. The quantitative estimate of drug-likeness (QED) is 0.666. The highest BCUT2D eigenvalue weighted by Crippen LogP contribution is 2.30. The molecule has 3 aromatic heterocycles. The van der Waals surface area contributed by atoms with Crippen LogP contribution in [0.5, 0.6) is 0 Å². The van der Waals surface area contributed by atoms with Gasteiger partial charge in [-0.25, -0.2) is 9.97 Å². The SMILES string of the molecule is N#Cc1cc(-c2cccc(-c3nc(C4CCCN4C#N)no3)n2)ccn1. The fraction of sp³-hybridized carbons (Fsp3) is 0.222. The van der Waals surface area contributed by atoms with Crippen molar-refractivity contribution in [3.05, 3.63) is 48.0 Å². The predicted octanol–water partition coefficient (Wildman–Crippen LogP) is 2.68. The Morgan fingerprint density at radius 1 is 1.15 bits per heavy atom. The summed E-state index contributed by atoms with van der Waals surface area (Å²) in [6, 6.07) is 10.8. The molecule has 1 aliphatic heterocycles. The summed E-state index contributed by atoms with van der Waals surface area (Å²) in [5.74, 6) is 0.808. The highest BCUT2D eigenvalue weighted by molar-refractivity contribution is 5.63. The molecule has 0 N–H and O–H groups in total. The smallest absolute Gasteiger partial charge is 0.276 e. The Morgan fingerprint density at radius 3 is 2.88 bits per heavy atom. The average Bonchev–Trinajstić information content (AvgIpc) is 3.37. The van der Waals surface area contributed by atoms with Gasteiger partial charge in [-0.05, 0) is 37.1 Å². The van der Waals surface area contributed by atoms with Crippen molar-refractivity contribution in [2.75, 3.05) is 6.54 Å². The molecule has 4 rings (SSSR count). The van der Waals surface area contributed by atoms with Crippen LogP contribution >= 0.6 is 0 Å². The van der Waals surface area contributed by atoms with Crippen molar-refractivity contribution >= 4 is 0 Å². The van der Waals surface area contributed by atoms with Gasteiger partial charge in [-0.1, -0.05) is 11.2 Å². The van der Waals surface area contributed by atoms with Gasteiger partial charge < -0.3 is 4.52 Å². The van der Waals surface area contributed by atoms with Crippen molar-refractivity contribution in [3.8, 4) is 35.1 Å². The Hall–Kier alpha value is -3.78. The first-order valence-electron chi connectivity index (χ1n) is 8.12. The van der Waals surface area contributed by atoms with Gasteiger partial charge in [0.2, 0.25) is 0 Å². The number of hydrogen-bond donors (Lipinski definition) is 0. The van der Waals surface area contributed by atoms with Gasteiger partial charge >= 0.3 is 0 Å². The zero-order valence-electron chi connectivity index (χ0n) is 13.7. The van der Waals surface area contributed by atoms with E-state index in [0.717, 1.165) is 18.4 Å². The fourth-order valence-corrected chi connectivity index (χ4v) is 2.99. The number of pyridine rings is 2. The van der Waals surface area contributed by atoms with Crippen molar-refractivity contribution < 1.29 is 4.52 Å². The van der Waals surface area contributed by atoms with Crippen molar-refractivity contribution in [1.82, 2.24) is 25.0 Å². The molecule has 0 aliphatic carbocycles. The maximum Gasteiger partial charge on any atom is 0.276 e. The third-order valence-electron chi connectivity index (χ3n) is 4.26. The number of aromatic nitrogens is 4. The van der Waals surface area contributed by atoms with E-state index < -0.39 is 0 Å². The Balaban J connectivity index is 1.65. The van der Waals surface area contributed by atoms with Crippen LogP contribution in [-0.2, 0) is 0 Å². The summed E-state index contributed by atoms with van der Waals surface area (Å²) in [6.45, 7) is 0.710. The normalized spacial score (nSPS) is 16.2. The molecule has 1 unspecified atom stereocenters. The topological polar surface area (TPSA) is 116 Å². The lowest BCUT2D eigenvalue weighted by atomic mass is 10.1. The lowest BCUT2D eigenvalue weighted by Crippen LogP contribution is -2.17. The van der Waals surface area contributed by atoms with Gasteiger partial charge in [-0.3, -0.25) is 4.90 Å². The van der Waals surface area contributed by atoms with Gasteiger partial charge in [0.1, 0.15) is 23.5 Å². The maximum atomic E-state index is 9.18. The minimum absolute atomic E-state index is 0.140. The summed E-state index contributed by atoms with van der Waals surface area (Å²) >= 11 is 0. The zero-order valence-corrected chi connectivity index (χ0v) is 13.7. The molecule has 0 amide bonds. The van der Waals surface area contributed by atoms with Crippen molar-refractivity contribution in [3.63, 3.8) is 0 Å². The molecule has 126 valence electrons. The van der Waals surface area contributed by atoms with E-state index in [9.17, 15) is 5.26 Å². The standard InChI is InChI=1S/C18H13N7O/c19-10-13-9-12(6-7-21-13)14-3-1-4-15(22-14)18-23-17(24-26-18)16-5-2-8-25(16)11-20/h1,3-4,6-7,9,16H,2,5,8H2. The first kappa shape index (κ1) is 15.7. The molecule has 8 nitrogen and oxygen atoms in total. The molecular weight excluding hydrogens is 330 g/mol. The van der Waals surface area contributed by atoms with E-state index in [4.69, 9.17) is 9.78 Å². The molecule has 3 aromatic rings. The summed E-state index contributed by atoms with van der Waals surface area (Å²) in [4.78, 5) is 14.6. The molecule has 8 heteroatoms. The zero-order chi connectivity index (χ0) is 17.9. The van der Waals surface area contributed by atoms with Crippen LogP contribution in [0.3, 0.4) is 0 Å². The summed E-state index contributed by atoms with van der Waals surface area (Å²) in [7, 11) is 0. The van der Waals surface area contributed by atoms with Crippen molar-refractivity contribution in [1.29, 1.82) is 10.5 Å². The third-order valence-corrected chi connectivity index (χ3v) is 4.26. The molecule has 0 radical (unpaired) electrons. The Morgan fingerprint density at radius 2 is 2.04 bits per heavy atom. The van der Waals surface area contributed by atoms with Gasteiger partial charge in [-0.2, -0.15) is 15.5 Å². The van der Waals surface area contributed by atoms with Crippen LogP contribution < -0.4 is 0 Å². The molecule has 0 aromatic carbocycles. The van der Waals surface area contributed by atoms with Gasteiger partial charge in [0.25, 0.3) is 5.89 Å². The molecule has 4 heterocycles. The molecule has 0 spiro atoms. The Bertz CT molecular complexity index is 1030. The number of likely N-dealkylation sites (tertiary alicyclic amines) is 1. The van der Waals surface area contributed by atoms with Crippen LogP contribution in [0.15, 0.2) is 41.1 Å². The predicted molar refractivity (Wildman–Crippen MR) is 89.8 cm³/mol. The first-order chi connectivity index (χ1) is 12.8. The van der Waals surface area contributed by atoms with Crippen LogP contribution in [0, 0.1) is 22.8 Å². The van der Waals surface area contributed by atoms with E-state index in [1.165, 1.54) is 0 Å². The molecule has 26 heavy (non-hydrogen) atoms. The number of nitriles is 2. The number of rotatable bonds is 3. The van der Waals surface area contributed by atoms with Gasteiger partial charge in [0.05, 0.1) is 5.69 Å². The van der Waals surface area contributed by atoms with Gasteiger partial charge in [0, 0.05) is 18.3 Å². The van der Waals surface area contributed by atoms with Crippen LogP contribution in [0.2, 0.25) is 0 Å². The first-order valence-corrected chi connectivity index (χ1v) is 8.12. The Labute approximate surface area is 149 Å². The Kier molecular flexibility index (Phi) is 4.00. The van der Waals surface area contributed by atoms with E-state index in [2.05, 4.69) is 26.3 Å². The lowest BCUT2D eigenvalue weighted by molar-refractivity contribution is 0.339. The second-order valence-electron chi connectivity index (χ2n) is 5.86. The highest BCUT2D eigenvalue weighted by atomic mass is 16.5. The van der Waals surface area contributed by atoms with Crippen molar-refractivity contribution in [2.24, 2.45) is 0 Å². The van der Waals surface area contributed by atoms with Gasteiger partial charge in [-0.15, -0.1) is 0 Å². The minimum Gasteiger partial charge on any atom is -0.332 e. The maximum absolute atomic E-state index is 9.18. The van der Waals surface area contributed by atoms with Crippen LogP contribution in [-0.4, -0.2) is 31.6 Å². The van der Waals surface area contributed by atoms with E-state index >= 15 is 0 Å². The summed E-state index contributed by atoms with van der Waals surface area (Å²) < 4.78 is 5.37. The van der Waals surface area contributed by atoms with E-state index in [-0.39, 0.29) is 6.04 Å². The van der Waals surface area contributed by atoms with Crippen LogP contribution in [0.1, 0.15) is 30.4 Å². The second kappa shape index (κ2) is 6.61. The van der Waals surface area contributed by atoms with Crippen LogP contribution in [0.25, 0.3) is 22.8 Å². The summed E-state index contributed by atoms with van der Waals surface area (Å²) in [5.41, 5.74) is 2.33. The molecule has 0 bridgehead atoms. The molecule has 1 atom stereocenters. The lowest BCUT2D eigenvalue weighted by Gasteiger charge is -2.13. The van der Waals surface area contributed by atoms with E-state index in [1.807, 2.05) is 18.2 Å². The second-order valence-corrected chi connectivity index (χ2v) is 5.86. The summed E-state index contributed by atoms with van der Waals surface area (Å²) in [6.07, 6.45) is 5.50. The van der Waals surface area contributed by atoms with E-state index in [0.29, 0.717) is 35.3 Å². The minimum atomic E-state index is -0.140.